The number of hydrogen-bond acceptors (Lipinski definition) is 3. The fourth-order valence-electron chi connectivity index (χ4n) is 1.59. The molecule has 1 fully saturated rings. The fourth-order valence-corrected chi connectivity index (χ4v) is 1.69. The number of rotatable bonds is 3. The highest BCUT2D eigenvalue weighted by Crippen LogP contribution is 2.10. The van der Waals surface area contributed by atoms with Gasteiger partial charge in [-0.25, -0.2) is 0 Å². The van der Waals surface area contributed by atoms with E-state index in [1.807, 2.05) is 0 Å². The molecule has 2 atom stereocenters. The van der Waals surface area contributed by atoms with Crippen LogP contribution in [-0.4, -0.2) is 41.3 Å². The number of likely N-dealkylation sites (N-methyl/N-ethyl adjacent to an activating group) is 1. The monoisotopic (exact) mass is 243 g/mol. The molecule has 3 N–H and O–H groups in total. The van der Waals surface area contributed by atoms with E-state index in [9.17, 15) is 9.59 Å². The van der Waals surface area contributed by atoms with E-state index in [0.29, 0.717) is 19.4 Å². The smallest absolute Gasteiger partial charge is 0.229 e. The number of amides is 2. The Labute approximate surface area is 100 Å². The van der Waals surface area contributed by atoms with Gasteiger partial charge in [0.2, 0.25) is 11.8 Å². The van der Waals surface area contributed by atoms with Crippen LogP contribution in [0.2, 0.25) is 0 Å². The van der Waals surface area contributed by atoms with E-state index in [2.05, 4.69) is 5.32 Å². The molecule has 90 valence electrons. The van der Waals surface area contributed by atoms with Gasteiger partial charge in [-0.2, -0.15) is 0 Å². The van der Waals surface area contributed by atoms with E-state index in [1.165, 1.54) is 0 Å². The van der Waals surface area contributed by atoms with Crippen LogP contribution in [0.25, 0.3) is 0 Å². The van der Waals surface area contributed by atoms with E-state index in [4.69, 9.17) is 18.0 Å². The molecule has 16 heavy (non-hydrogen) atoms. The predicted octanol–water partition coefficient (Wildman–Crippen LogP) is -0.354. The number of hydrogen-bond donors (Lipinski definition) is 2. The van der Waals surface area contributed by atoms with Gasteiger partial charge in [0.1, 0.15) is 0 Å². The third-order valence-electron chi connectivity index (χ3n) is 2.79. The van der Waals surface area contributed by atoms with Crippen molar-refractivity contribution in [1.82, 2.24) is 10.2 Å². The van der Waals surface area contributed by atoms with Crippen molar-refractivity contribution in [3.63, 3.8) is 0 Å². The Balaban J connectivity index is 2.46. The van der Waals surface area contributed by atoms with Crippen molar-refractivity contribution in [3.05, 3.63) is 0 Å². The van der Waals surface area contributed by atoms with Crippen molar-refractivity contribution in [2.75, 3.05) is 13.6 Å². The number of nitrogens with two attached hydrogens (primary N) is 1. The molecule has 6 heteroatoms. The highest BCUT2D eigenvalue weighted by atomic mass is 32.1. The zero-order valence-corrected chi connectivity index (χ0v) is 10.3. The third-order valence-corrected chi connectivity index (χ3v) is 3.15. The Morgan fingerprint density at radius 2 is 2.31 bits per heavy atom. The van der Waals surface area contributed by atoms with Gasteiger partial charge in [0.25, 0.3) is 0 Å². The van der Waals surface area contributed by atoms with Crippen LogP contribution in [0, 0.1) is 5.92 Å². The number of thiocarbonyl (C=S) groups is 1. The van der Waals surface area contributed by atoms with Gasteiger partial charge in [0, 0.05) is 26.1 Å². The minimum absolute atomic E-state index is 0.00648. The topological polar surface area (TPSA) is 75.4 Å². The van der Waals surface area contributed by atoms with Crippen LogP contribution in [-0.2, 0) is 9.59 Å². The molecule has 5 nitrogen and oxygen atoms in total. The first kappa shape index (κ1) is 12.9. The Kier molecular flexibility index (Phi) is 4.23. The van der Waals surface area contributed by atoms with Gasteiger partial charge in [0.05, 0.1) is 10.9 Å². The number of carbonyl (C=O) groups excluding carboxylic acids is 2. The quantitative estimate of drug-likeness (QED) is 0.664. The highest BCUT2D eigenvalue weighted by Gasteiger charge is 2.26. The van der Waals surface area contributed by atoms with E-state index in [0.717, 1.165) is 0 Å². The Morgan fingerprint density at radius 3 is 2.81 bits per heavy atom. The lowest BCUT2D eigenvalue weighted by Gasteiger charge is -2.30. The first-order valence-corrected chi connectivity index (χ1v) is 5.66. The molecule has 0 saturated carbocycles. The van der Waals surface area contributed by atoms with Crippen LogP contribution in [0.1, 0.15) is 19.8 Å². The molecule has 1 aliphatic rings. The van der Waals surface area contributed by atoms with Crippen molar-refractivity contribution in [3.8, 4) is 0 Å². The summed E-state index contributed by atoms with van der Waals surface area (Å²) < 4.78 is 0. The maximum Gasteiger partial charge on any atom is 0.229 e. The van der Waals surface area contributed by atoms with Gasteiger partial charge in [-0.15, -0.1) is 0 Å². The van der Waals surface area contributed by atoms with Crippen molar-refractivity contribution in [2.45, 2.75) is 25.8 Å². The van der Waals surface area contributed by atoms with E-state index < -0.39 is 5.92 Å². The minimum atomic E-state index is -0.460. The van der Waals surface area contributed by atoms with Crippen LogP contribution in [0.5, 0.6) is 0 Å². The first-order chi connectivity index (χ1) is 7.41. The summed E-state index contributed by atoms with van der Waals surface area (Å²) in [5.74, 6) is -0.508. The predicted molar refractivity (Wildman–Crippen MR) is 64.8 cm³/mol. The van der Waals surface area contributed by atoms with E-state index in [-0.39, 0.29) is 22.8 Å². The summed E-state index contributed by atoms with van der Waals surface area (Å²) in [5, 5.41) is 2.85. The van der Waals surface area contributed by atoms with Crippen LogP contribution in [0.4, 0.5) is 0 Å². The van der Waals surface area contributed by atoms with Gasteiger partial charge < -0.3 is 16.0 Å². The van der Waals surface area contributed by atoms with E-state index >= 15 is 0 Å². The summed E-state index contributed by atoms with van der Waals surface area (Å²) in [6.45, 7) is 2.23. The van der Waals surface area contributed by atoms with Crippen molar-refractivity contribution >= 4 is 29.0 Å². The largest absolute Gasteiger partial charge is 0.393 e. The number of nitrogens with one attached hydrogen (secondary N) is 1. The lowest BCUT2D eigenvalue weighted by atomic mass is 10.0. The molecule has 0 bridgehead atoms. The van der Waals surface area contributed by atoms with Crippen LogP contribution in [0.15, 0.2) is 0 Å². The summed E-state index contributed by atoms with van der Waals surface area (Å²) in [6.07, 6.45) is 1.15. The number of likely N-dealkylation sites (tertiary alicyclic amines) is 1. The zero-order chi connectivity index (χ0) is 12.3. The molecule has 0 radical (unpaired) electrons. The van der Waals surface area contributed by atoms with E-state index in [1.54, 1.807) is 18.9 Å². The summed E-state index contributed by atoms with van der Waals surface area (Å²) in [4.78, 5) is 24.7. The lowest BCUT2D eigenvalue weighted by molar-refractivity contribution is -0.134. The second-order valence-corrected chi connectivity index (χ2v) is 4.61. The number of nitrogens with zero attached hydrogens (tertiary/aromatic N) is 1. The highest BCUT2D eigenvalue weighted by molar-refractivity contribution is 7.80. The van der Waals surface area contributed by atoms with Gasteiger partial charge in [0.15, 0.2) is 0 Å². The zero-order valence-electron chi connectivity index (χ0n) is 9.53. The van der Waals surface area contributed by atoms with Gasteiger partial charge in [-0.05, 0) is 13.3 Å². The molecule has 1 aliphatic heterocycles. The molecule has 0 aromatic heterocycles. The summed E-state index contributed by atoms with van der Waals surface area (Å²) in [5.41, 5.74) is 5.40. The maximum absolute atomic E-state index is 11.7. The molecule has 0 spiro atoms. The first-order valence-electron chi connectivity index (χ1n) is 5.25. The molecular weight excluding hydrogens is 226 g/mol. The second-order valence-electron chi connectivity index (χ2n) is 4.14. The molecule has 0 aromatic carbocycles. The third kappa shape index (κ3) is 3.16. The van der Waals surface area contributed by atoms with Gasteiger partial charge in [-0.1, -0.05) is 12.2 Å². The average molecular weight is 243 g/mol. The van der Waals surface area contributed by atoms with Crippen LogP contribution < -0.4 is 11.1 Å². The summed E-state index contributed by atoms with van der Waals surface area (Å²) in [6, 6.07) is 0.00648. The Hall–Kier alpha value is -1.17. The molecule has 0 aliphatic carbocycles. The normalized spacial score (nSPS) is 22.8. The Bertz CT molecular complexity index is 319. The Morgan fingerprint density at radius 1 is 1.69 bits per heavy atom. The van der Waals surface area contributed by atoms with Crippen molar-refractivity contribution < 1.29 is 9.59 Å². The van der Waals surface area contributed by atoms with Gasteiger partial charge >= 0.3 is 0 Å². The molecule has 1 heterocycles. The summed E-state index contributed by atoms with van der Waals surface area (Å²) >= 11 is 4.76. The molecule has 1 saturated heterocycles. The van der Waals surface area contributed by atoms with Crippen LogP contribution >= 0.6 is 12.2 Å². The molecule has 2 amide bonds. The summed E-state index contributed by atoms with van der Waals surface area (Å²) in [7, 11) is 1.73. The molecule has 2 unspecified atom stereocenters. The average Bonchev–Trinajstić information content (AvgIpc) is 2.22. The molecular formula is C10H17N3O2S. The van der Waals surface area contributed by atoms with Crippen LogP contribution in [0.3, 0.4) is 0 Å². The SMILES string of the molecule is CC(C(=O)NC1CCC(=O)N(C)C1)C(N)=S. The number of carbonyl (C=O) groups is 2. The maximum atomic E-state index is 11.7. The molecule has 1 rings (SSSR count). The minimum Gasteiger partial charge on any atom is -0.393 e. The second kappa shape index (κ2) is 5.25. The van der Waals surface area contributed by atoms with Crippen molar-refractivity contribution in [1.29, 1.82) is 0 Å². The fraction of sp³-hybridized carbons (Fsp3) is 0.700. The van der Waals surface area contributed by atoms with Crippen molar-refractivity contribution in [2.24, 2.45) is 11.7 Å². The standard InChI is InChI=1S/C10H17N3O2S/c1-6(9(11)16)10(15)12-7-3-4-8(14)13(2)5-7/h6-7H,3-5H2,1-2H3,(H2,11,16)(H,12,15). The number of piperidine rings is 1. The lowest BCUT2D eigenvalue weighted by Crippen LogP contribution is -2.50. The van der Waals surface area contributed by atoms with Gasteiger partial charge in [-0.3, -0.25) is 9.59 Å². The molecule has 0 aromatic rings.